The normalized spacial score (nSPS) is 20.9. The summed E-state index contributed by atoms with van der Waals surface area (Å²) in [6, 6.07) is 3.27. The van der Waals surface area contributed by atoms with Crippen molar-refractivity contribution in [3.05, 3.63) is 58.7 Å². The summed E-state index contributed by atoms with van der Waals surface area (Å²) >= 11 is 0. The number of carbonyl (C=O) groups is 3. The number of aliphatic hydroxyl groups is 1. The SMILES string of the molecule is CCCN(CCC)C(=O)C1([C@H](Cc2cc(F)cc(F)c2)[C@@H](O)CNC2CCN(C(C)=O)CC2)C=C(C)C=C(C(N)=O)C1. The van der Waals surface area contributed by atoms with Crippen LogP contribution in [0, 0.1) is 23.0 Å². The van der Waals surface area contributed by atoms with E-state index in [0.717, 1.165) is 6.07 Å². The molecule has 2 aliphatic rings. The van der Waals surface area contributed by atoms with Gasteiger partial charge >= 0.3 is 0 Å². The zero-order chi connectivity index (χ0) is 31.0. The van der Waals surface area contributed by atoms with Crippen LogP contribution in [0.5, 0.6) is 0 Å². The van der Waals surface area contributed by atoms with E-state index in [0.29, 0.717) is 63.0 Å². The lowest BCUT2D eigenvalue weighted by atomic mass is 9.63. The lowest BCUT2D eigenvalue weighted by Crippen LogP contribution is -2.55. The molecule has 3 rings (SSSR count). The Kier molecular flexibility index (Phi) is 11.8. The number of piperidine rings is 1. The Morgan fingerprint density at radius 3 is 2.24 bits per heavy atom. The number of rotatable bonds is 13. The van der Waals surface area contributed by atoms with Gasteiger partial charge in [-0.1, -0.05) is 31.6 Å². The van der Waals surface area contributed by atoms with Gasteiger partial charge in [-0.15, -0.1) is 0 Å². The minimum absolute atomic E-state index is 0.00599. The zero-order valence-corrected chi connectivity index (χ0v) is 25.3. The Bertz CT molecular complexity index is 1170. The highest BCUT2D eigenvalue weighted by Crippen LogP contribution is 2.46. The third kappa shape index (κ3) is 8.25. The molecule has 0 aromatic heterocycles. The largest absolute Gasteiger partial charge is 0.391 e. The summed E-state index contributed by atoms with van der Waals surface area (Å²) in [5.41, 5.74) is 5.59. The van der Waals surface area contributed by atoms with Crippen molar-refractivity contribution in [3.8, 4) is 0 Å². The molecule has 4 N–H and O–H groups in total. The molecule has 1 aliphatic heterocycles. The number of halogens is 2. The van der Waals surface area contributed by atoms with Crippen LogP contribution in [0.3, 0.4) is 0 Å². The standard InChI is InChI=1S/C32H46F2N4O4/c1-5-9-38(10-6-2)31(42)32(18-21(3)13-24(19-32)30(35)41)28(16-23-14-25(33)17-26(34)15-23)29(40)20-36-27-7-11-37(12-8-27)22(4)39/h13-15,17-18,27-29,36,40H,5-12,16,19-20H2,1-4H3,(H2,35,41)/t28-,29+,32?/m1/s1. The van der Waals surface area contributed by atoms with Gasteiger partial charge in [0.25, 0.3) is 0 Å². The number of carbonyl (C=O) groups excluding carboxylic acids is 3. The maximum Gasteiger partial charge on any atom is 0.244 e. The number of hydrogen-bond acceptors (Lipinski definition) is 5. The van der Waals surface area contributed by atoms with E-state index >= 15 is 0 Å². The van der Waals surface area contributed by atoms with Gasteiger partial charge in [0.15, 0.2) is 0 Å². The van der Waals surface area contributed by atoms with Gasteiger partial charge in [0.2, 0.25) is 17.7 Å². The molecular formula is C32H46F2N4O4. The summed E-state index contributed by atoms with van der Waals surface area (Å²) in [5, 5.41) is 15.3. The third-order valence-electron chi connectivity index (χ3n) is 8.42. The molecule has 42 heavy (non-hydrogen) atoms. The van der Waals surface area contributed by atoms with Crippen molar-refractivity contribution >= 4 is 17.7 Å². The second-order valence-corrected chi connectivity index (χ2v) is 11.8. The van der Waals surface area contributed by atoms with Crippen molar-refractivity contribution in [1.82, 2.24) is 15.1 Å². The number of nitrogens with one attached hydrogen (secondary N) is 1. The number of nitrogens with two attached hydrogens (primary N) is 1. The minimum atomic E-state index is -1.38. The average molecular weight is 589 g/mol. The van der Waals surface area contributed by atoms with Crippen molar-refractivity contribution in [3.63, 3.8) is 0 Å². The van der Waals surface area contributed by atoms with Crippen molar-refractivity contribution in [2.24, 2.45) is 17.1 Å². The number of allylic oxidation sites excluding steroid dienone is 2. The summed E-state index contributed by atoms with van der Waals surface area (Å²) in [4.78, 5) is 42.3. The minimum Gasteiger partial charge on any atom is -0.391 e. The fraction of sp³-hybridized carbons (Fsp3) is 0.594. The van der Waals surface area contributed by atoms with Crippen molar-refractivity contribution < 1.29 is 28.3 Å². The Morgan fingerprint density at radius 2 is 1.71 bits per heavy atom. The molecule has 1 aromatic rings. The van der Waals surface area contributed by atoms with Crippen LogP contribution < -0.4 is 11.1 Å². The number of hydrogen-bond donors (Lipinski definition) is 3. The molecule has 0 saturated carbocycles. The summed E-state index contributed by atoms with van der Waals surface area (Å²) in [6.45, 7) is 9.58. The summed E-state index contributed by atoms with van der Waals surface area (Å²) < 4.78 is 28.6. The molecule has 3 amide bonds. The highest BCUT2D eigenvalue weighted by Gasteiger charge is 2.50. The number of benzene rings is 1. The Hall–Kier alpha value is -3.11. The van der Waals surface area contributed by atoms with E-state index < -0.39 is 35.0 Å². The lowest BCUT2D eigenvalue weighted by Gasteiger charge is -2.45. The van der Waals surface area contributed by atoms with E-state index in [2.05, 4.69) is 5.32 Å². The first-order valence-corrected chi connectivity index (χ1v) is 15.0. The number of likely N-dealkylation sites (tertiary alicyclic amines) is 1. The van der Waals surface area contributed by atoms with Gasteiger partial charge in [-0.2, -0.15) is 0 Å². The van der Waals surface area contributed by atoms with Gasteiger partial charge in [-0.05, 0) is 63.1 Å². The molecule has 1 heterocycles. The third-order valence-corrected chi connectivity index (χ3v) is 8.42. The quantitative estimate of drug-likeness (QED) is 0.326. The van der Waals surface area contributed by atoms with Crippen LogP contribution in [0.25, 0.3) is 0 Å². The van der Waals surface area contributed by atoms with Crippen molar-refractivity contribution in [1.29, 1.82) is 0 Å². The zero-order valence-electron chi connectivity index (χ0n) is 25.3. The fourth-order valence-corrected chi connectivity index (χ4v) is 6.45. The second-order valence-electron chi connectivity index (χ2n) is 11.8. The number of aliphatic hydroxyl groups excluding tert-OH is 1. The van der Waals surface area contributed by atoms with Gasteiger partial charge in [0, 0.05) is 63.2 Å². The van der Waals surface area contributed by atoms with Crippen molar-refractivity contribution in [2.75, 3.05) is 32.7 Å². The van der Waals surface area contributed by atoms with E-state index in [1.165, 1.54) is 12.1 Å². The molecule has 0 radical (unpaired) electrons. The molecule has 232 valence electrons. The van der Waals surface area contributed by atoms with Crippen LogP contribution in [0.15, 0.2) is 41.5 Å². The van der Waals surface area contributed by atoms with E-state index in [-0.39, 0.29) is 42.8 Å². The van der Waals surface area contributed by atoms with Crippen LogP contribution in [0.2, 0.25) is 0 Å². The smallest absolute Gasteiger partial charge is 0.244 e. The maximum absolute atomic E-state index is 14.6. The van der Waals surface area contributed by atoms with Crippen LogP contribution in [0.1, 0.15) is 65.4 Å². The van der Waals surface area contributed by atoms with Crippen LogP contribution in [0.4, 0.5) is 8.78 Å². The van der Waals surface area contributed by atoms with E-state index in [4.69, 9.17) is 5.73 Å². The fourth-order valence-electron chi connectivity index (χ4n) is 6.45. The molecule has 0 bridgehead atoms. The van der Waals surface area contributed by atoms with E-state index in [1.807, 2.05) is 13.8 Å². The summed E-state index contributed by atoms with van der Waals surface area (Å²) in [6.07, 6.45) is 5.16. The van der Waals surface area contributed by atoms with Crippen LogP contribution in [-0.4, -0.2) is 77.5 Å². The first-order valence-electron chi connectivity index (χ1n) is 15.0. The van der Waals surface area contributed by atoms with Crippen LogP contribution in [-0.2, 0) is 20.8 Å². The molecule has 1 fully saturated rings. The molecule has 3 atom stereocenters. The van der Waals surface area contributed by atoms with E-state index in [1.54, 1.807) is 35.8 Å². The van der Waals surface area contributed by atoms with Gasteiger partial charge in [0.05, 0.1) is 11.5 Å². The maximum atomic E-state index is 14.6. The Morgan fingerprint density at radius 1 is 1.12 bits per heavy atom. The van der Waals surface area contributed by atoms with Gasteiger partial charge in [0.1, 0.15) is 11.6 Å². The lowest BCUT2D eigenvalue weighted by molar-refractivity contribution is -0.145. The number of amides is 3. The predicted octanol–water partition coefficient (Wildman–Crippen LogP) is 3.48. The van der Waals surface area contributed by atoms with Gasteiger partial charge in [-0.25, -0.2) is 8.78 Å². The van der Waals surface area contributed by atoms with Gasteiger partial charge < -0.3 is 26.0 Å². The van der Waals surface area contributed by atoms with Crippen LogP contribution >= 0.6 is 0 Å². The average Bonchev–Trinajstić information content (AvgIpc) is 2.93. The molecule has 8 nitrogen and oxygen atoms in total. The molecule has 1 aromatic carbocycles. The molecule has 1 saturated heterocycles. The Balaban J connectivity index is 2.04. The molecule has 0 spiro atoms. The predicted molar refractivity (Wildman–Crippen MR) is 158 cm³/mol. The summed E-state index contributed by atoms with van der Waals surface area (Å²) in [5.74, 6) is -3.21. The molecular weight excluding hydrogens is 542 g/mol. The topological polar surface area (TPSA) is 116 Å². The number of primary amides is 1. The van der Waals surface area contributed by atoms with Crippen molar-refractivity contribution in [2.45, 2.75) is 78.4 Å². The highest BCUT2D eigenvalue weighted by atomic mass is 19.1. The first kappa shape index (κ1) is 33.4. The molecule has 1 unspecified atom stereocenters. The van der Waals surface area contributed by atoms with Gasteiger partial charge in [-0.3, -0.25) is 14.4 Å². The second kappa shape index (κ2) is 14.9. The molecule has 10 heteroatoms. The molecule has 1 aliphatic carbocycles. The monoisotopic (exact) mass is 588 g/mol. The number of nitrogens with zero attached hydrogens (tertiary/aromatic N) is 2. The Labute approximate surface area is 248 Å². The highest BCUT2D eigenvalue weighted by molar-refractivity contribution is 5.96. The van der Waals surface area contributed by atoms with E-state index in [9.17, 15) is 28.3 Å². The summed E-state index contributed by atoms with van der Waals surface area (Å²) in [7, 11) is 0. The first-order chi connectivity index (χ1) is 19.9.